The molecule has 1 atom stereocenters. The summed E-state index contributed by atoms with van der Waals surface area (Å²) in [6.45, 7) is 1.94. The standard InChI is InChI=1S/C15H20FNO3S/c1-11-4-5-12(7-14(11)16)9-17-15(18)8-13-3-2-6-21(19,20)10-13/h4-5,7,13H,2-3,6,8-10H2,1H3,(H,17,18). The van der Waals surface area contributed by atoms with Gasteiger partial charge in [0.2, 0.25) is 5.91 Å². The van der Waals surface area contributed by atoms with Gasteiger partial charge in [0.1, 0.15) is 5.82 Å². The fourth-order valence-corrected chi connectivity index (χ4v) is 4.34. The Morgan fingerprint density at radius 3 is 2.86 bits per heavy atom. The highest BCUT2D eigenvalue weighted by Gasteiger charge is 2.26. The van der Waals surface area contributed by atoms with Crippen molar-refractivity contribution in [3.63, 3.8) is 0 Å². The van der Waals surface area contributed by atoms with Crippen LogP contribution in [0.3, 0.4) is 0 Å². The molecule has 1 N–H and O–H groups in total. The lowest BCUT2D eigenvalue weighted by Gasteiger charge is -2.21. The van der Waals surface area contributed by atoms with Crippen molar-refractivity contribution in [2.75, 3.05) is 11.5 Å². The average molecular weight is 313 g/mol. The predicted octanol–water partition coefficient (Wildman–Crippen LogP) is 1.97. The van der Waals surface area contributed by atoms with Crippen LogP contribution in [0.4, 0.5) is 4.39 Å². The zero-order valence-electron chi connectivity index (χ0n) is 12.1. The zero-order valence-corrected chi connectivity index (χ0v) is 12.9. The third-order valence-electron chi connectivity index (χ3n) is 3.76. The number of aryl methyl sites for hydroxylation is 1. The average Bonchev–Trinajstić information content (AvgIpc) is 2.39. The van der Waals surface area contributed by atoms with Crippen LogP contribution < -0.4 is 5.32 Å². The summed E-state index contributed by atoms with van der Waals surface area (Å²) in [7, 11) is -2.98. The minimum atomic E-state index is -2.98. The van der Waals surface area contributed by atoms with Gasteiger partial charge >= 0.3 is 0 Å². The van der Waals surface area contributed by atoms with E-state index in [1.165, 1.54) is 6.07 Å². The summed E-state index contributed by atoms with van der Waals surface area (Å²) in [5.74, 6) is -0.246. The van der Waals surface area contributed by atoms with Gasteiger partial charge in [-0.1, -0.05) is 12.1 Å². The molecule has 0 spiro atoms. The molecule has 1 heterocycles. The molecule has 1 aliphatic rings. The number of hydrogen-bond donors (Lipinski definition) is 1. The molecule has 21 heavy (non-hydrogen) atoms. The molecule has 6 heteroatoms. The summed E-state index contributed by atoms with van der Waals surface area (Å²) in [5, 5.41) is 2.72. The fourth-order valence-electron chi connectivity index (χ4n) is 2.56. The minimum absolute atomic E-state index is 0.0968. The van der Waals surface area contributed by atoms with Crippen molar-refractivity contribution < 1.29 is 17.6 Å². The Morgan fingerprint density at radius 2 is 2.19 bits per heavy atom. The van der Waals surface area contributed by atoms with E-state index >= 15 is 0 Å². The van der Waals surface area contributed by atoms with E-state index in [9.17, 15) is 17.6 Å². The van der Waals surface area contributed by atoms with E-state index in [-0.39, 0.29) is 42.1 Å². The molecule has 0 saturated carbocycles. The second kappa shape index (κ2) is 6.56. The second-order valence-corrected chi connectivity index (χ2v) is 7.92. The van der Waals surface area contributed by atoms with Gasteiger partial charge in [0, 0.05) is 13.0 Å². The summed E-state index contributed by atoms with van der Waals surface area (Å²) in [5.41, 5.74) is 1.26. The number of hydrogen-bond acceptors (Lipinski definition) is 3. The van der Waals surface area contributed by atoms with Crippen molar-refractivity contribution in [2.24, 2.45) is 5.92 Å². The van der Waals surface area contributed by atoms with Crippen LogP contribution in [0.5, 0.6) is 0 Å². The van der Waals surface area contributed by atoms with Crippen LogP contribution in [0.1, 0.15) is 30.4 Å². The molecule has 116 valence electrons. The molecule has 1 saturated heterocycles. The number of halogens is 1. The smallest absolute Gasteiger partial charge is 0.220 e. The van der Waals surface area contributed by atoms with Gasteiger partial charge in [-0.3, -0.25) is 4.79 Å². The van der Waals surface area contributed by atoms with Crippen molar-refractivity contribution in [3.8, 4) is 0 Å². The van der Waals surface area contributed by atoms with Crippen molar-refractivity contribution in [2.45, 2.75) is 32.7 Å². The first-order valence-corrected chi connectivity index (χ1v) is 8.90. The molecule has 1 aliphatic heterocycles. The first-order chi connectivity index (χ1) is 9.85. The van der Waals surface area contributed by atoms with Crippen LogP contribution >= 0.6 is 0 Å². The van der Waals surface area contributed by atoms with Crippen molar-refractivity contribution in [1.82, 2.24) is 5.32 Å². The molecule has 2 rings (SSSR count). The van der Waals surface area contributed by atoms with Gasteiger partial charge in [-0.2, -0.15) is 0 Å². The molecule has 0 aliphatic carbocycles. The van der Waals surface area contributed by atoms with Crippen LogP contribution in [0, 0.1) is 18.7 Å². The van der Waals surface area contributed by atoms with Gasteiger partial charge in [-0.15, -0.1) is 0 Å². The third-order valence-corrected chi connectivity index (χ3v) is 5.65. The highest BCUT2D eigenvalue weighted by Crippen LogP contribution is 2.21. The molecule has 1 fully saturated rings. The number of benzene rings is 1. The van der Waals surface area contributed by atoms with Gasteiger partial charge in [0.15, 0.2) is 9.84 Å². The van der Waals surface area contributed by atoms with E-state index in [1.807, 2.05) is 0 Å². The molecule has 1 amide bonds. The van der Waals surface area contributed by atoms with Crippen molar-refractivity contribution in [1.29, 1.82) is 0 Å². The maximum atomic E-state index is 13.4. The molecule has 4 nitrogen and oxygen atoms in total. The molecular weight excluding hydrogens is 293 g/mol. The maximum Gasteiger partial charge on any atom is 0.220 e. The first-order valence-electron chi connectivity index (χ1n) is 7.08. The lowest BCUT2D eigenvalue weighted by molar-refractivity contribution is -0.122. The summed E-state index contributed by atoms with van der Waals surface area (Å²) in [4.78, 5) is 11.8. The third kappa shape index (κ3) is 4.81. The maximum absolute atomic E-state index is 13.4. The molecule has 0 bridgehead atoms. The number of nitrogens with one attached hydrogen (secondary N) is 1. The molecule has 0 radical (unpaired) electrons. The molecule has 1 unspecified atom stereocenters. The van der Waals surface area contributed by atoms with Gasteiger partial charge in [-0.25, -0.2) is 12.8 Å². The van der Waals surface area contributed by atoms with E-state index in [1.54, 1.807) is 19.1 Å². The monoisotopic (exact) mass is 313 g/mol. The predicted molar refractivity (Wildman–Crippen MR) is 79.0 cm³/mol. The SMILES string of the molecule is Cc1ccc(CNC(=O)CC2CCCS(=O)(=O)C2)cc1F. The van der Waals surface area contributed by atoms with E-state index < -0.39 is 9.84 Å². The number of amides is 1. The summed E-state index contributed by atoms with van der Waals surface area (Å²) in [6, 6.07) is 4.84. The van der Waals surface area contributed by atoms with E-state index in [2.05, 4.69) is 5.32 Å². The number of sulfone groups is 1. The summed E-state index contributed by atoms with van der Waals surface area (Å²) in [6.07, 6.45) is 1.61. The highest BCUT2D eigenvalue weighted by molar-refractivity contribution is 7.91. The van der Waals surface area contributed by atoms with Crippen LogP contribution in [-0.2, 0) is 21.2 Å². The number of rotatable bonds is 4. The first kappa shape index (κ1) is 15.9. The second-order valence-electron chi connectivity index (χ2n) is 5.69. The Hall–Kier alpha value is -1.43. The molecular formula is C15H20FNO3S. The normalized spacial score (nSPS) is 21.0. The molecule has 1 aromatic carbocycles. The lowest BCUT2D eigenvalue weighted by atomic mass is 10.0. The van der Waals surface area contributed by atoms with Gasteiger partial charge in [0.25, 0.3) is 0 Å². The Kier molecular flexibility index (Phi) is 4.98. The quantitative estimate of drug-likeness (QED) is 0.924. The van der Waals surface area contributed by atoms with Crippen molar-refractivity contribution >= 4 is 15.7 Å². The summed E-state index contributed by atoms with van der Waals surface area (Å²) >= 11 is 0. The highest BCUT2D eigenvalue weighted by atomic mass is 32.2. The Bertz CT molecular complexity index is 628. The topological polar surface area (TPSA) is 63.2 Å². The van der Waals surface area contributed by atoms with Crippen LogP contribution in [0.25, 0.3) is 0 Å². The summed E-state index contributed by atoms with van der Waals surface area (Å²) < 4.78 is 36.4. The largest absolute Gasteiger partial charge is 0.352 e. The van der Waals surface area contributed by atoms with Gasteiger partial charge < -0.3 is 5.32 Å². The molecule has 1 aromatic rings. The number of carbonyl (C=O) groups is 1. The fraction of sp³-hybridized carbons (Fsp3) is 0.533. The Labute approximate surface area is 124 Å². The van der Waals surface area contributed by atoms with Gasteiger partial charge in [0.05, 0.1) is 11.5 Å². The van der Waals surface area contributed by atoms with E-state index in [0.717, 1.165) is 6.42 Å². The van der Waals surface area contributed by atoms with Crippen LogP contribution in [0.15, 0.2) is 18.2 Å². The Morgan fingerprint density at radius 1 is 1.43 bits per heavy atom. The Balaban J connectivity index is 1.83. The minimum Gasteiger partial charge on any atom is -0.352 e. The molecule has 0 aromatic heterocycles. The van der Waals surface area contributed by atoms with Crippen LogP contribution in [-0.4, -0.2) is 25.8 Å². The number of carbonyl (C=O) groups excluding carboxylic acids is 1. The zero-order chi connectivity index (χ0) is 15.5. The van der Waals surface area contributed by atoms with Gasteiger partial charge in [-0.05, 0) is 42.9 Å². The van der Waals surface area contributed by atoms with Crippen LogP contribution in [0.2, 0.25) is 0 Å². The lowest BCUT2D eigenvalue weighted by Crippen LogP contribution is -2.31. The van der Waals surface area contributed by atoms with E-state index in [0.29, 0.717) is 17.5 Å². The van der Waals surface area contributed by atoms with Crippen molar-refractivity contribution in [3.05, 3.63) is 35.1 Å². The van der Waals surface area contributed by atoms with E-state index in [4.69, 9.17) is 0 Å².